The van der Waals surface area contributed by atoms with Crippen LogP contribution in [0.4, 0.5) is 0 Å². The largest absolute Gasteiger partial charge is 0.502 e. The summed E-state index contributed by atoms with van der Waals surface area (Å²) in [7, 11) is 6.59. The fourth-order valence-electron chi connectivity index (χ4n) is 7.28. The van der Waals surface area contributed by atoms with Crippen LogP contribution in [0.2, 0.25) is 0 Å². The lowest BCUT2D eigenvalue weighted by Crippen LogP contribution is -2.66. The molecule has 0 saturated carbocycles. The van der Waals surface area contributed by atoms with E-state index >= 15 is 0 Å². The summed E-state index contributed by atoms with van der Waals surface area (Å²) in [6, 6.07) is 6.57. The normalized spacial score (nSPS) is 35.5. The molecule has 2 aromatic rings. The zero-order valence-corrected chi connectivity index (χ0v) is 25.1. The number of likely N-dealkylation sites (N-methyl/N-ethyl adjacent to an activating group) is 1. The average Bonchev–Trinajstić information content (AvgIpc) is 3.63. The van der Waals surface area contributed by atoms with Gasteiger partial charge in [-0.3, -0.25) is 9.69 Å². The molecule has 0 radical (unpaired) electrons. The number of hydrogen-bond acceptors (Lipinski definition) is 13. The Labute approximate surface area is 254 Å². The van der Waals surface area contributed by atoms with Crippen molar-refractivity contribution in [2.45, 2.75) is 55.9 Å². The van der Waals surface area contributed by atoms with E-state index in [-0.39, 0.29) is 43.2 Å². The Balaban J connectivity index is 1.33. The summed E-state index contributed by atoms with van der Waals surface area (Å²) in [5.41, 5.74) is 2.23. The Morgan fingerprint density at radius 3 is 2.27 bits per heavy atom. The molecule has 3 saturated heterocycles. The maximum absolute atomic E-state index is 13.5. The highest BCUT2D eigenvalue weighted by atomic mass is 16.7. The third-order valence-corrected chi connectivity index (χ3v) is 9.34. The van der Waals surface area contributed by atoms with Crippen molar-refractivity contribution < 1.29 is 57.6 Å². The number of aliphatic hydroxyl groups excluding tert-OH is 1. The molecule has 4 heterocycles. The van der Waals surface area contributed by atoms with Gasteiger partial charge in [0, 0.05) is 11.8 Å². The van der Waals surface area contributed by atoms with Gasteiger partial charge in [0.1, 0.15) is 18.3 Å². The van der Waals surface area contributed by atoms with E-state index in [1.54, 1.807) is 19.1 Å². The molecule has 4 aliphatic heterocycles. The number of rotatable bonds is 6. The number of phenolic OH excluding ortho intramolecular Hbond substituents is 1. The first-order valence-corrected chi connectivity index (χ1v) is 14.7. The van der Waals surface area contributed by atoms with E-state index in [4.69, 9.17) is 42.6 Å². The minimum atomic E-state index is -0.929. The lowest BCUT2D eigenvalue weighted by molar-refractivity contribution is -0.354. The number of aliphatic hydroxyl groups is 1. The third-order valence-electron chi connectivity index (χ3n) is 9.34. The SMILES string of the molecule is COc1cc([C@H]2c3cc4c(cc3[C@@H](O[C@@H]3O[C@@H]5COC(C)O[C@H]5[C@H](O)[C@H]3N(C)C)[C@H]3COC(=O)[C@H]23)OCO4)cc(OC)c1O. The Bertz CT molecular complexity index is 1410. The van der Waals surface area contributed by atoms with Gasteiger partial charge in [-0.25, -0.2) is 0 Å². The van der Waals surface area contributed by atoms with Crippen LogP contribution < -0.4 is 18.9 Å². The summed E-state index contributed by atoms with van der Waals surface area (Å²) in [4.78, 5) is 15.4. The lowest BCUT2D eigenvalue weighted by Gasteiger charge is -2.50. The molecule has 2 aromatic carbocycles. The van der Waals surface area contributed by atoms with Gasteiger partial charge >= 0.3 is 5.97 Å². The van der Waals surface area contributed by atoms with E-state index in [0.717, 1.165) is 11.1 Å². The molecule has 0 spiro atoms. The maximum Gasteiger partial charge on any atom is 0.310 e. The van der Waals surface area contributed by atoms with Gasteiger partial charge in [0.25, 0.3) is 0 Å². The number of ether oxygens (including phenoxy) is 9. The molecule has 0 amide bonds. The van der Waals surface area contributed by atoms with Crippen LogP contribution in [0.5, 0.6) is 28.7 Å². The Morgan fingerprint density at radius 1 is 0.932 bits per heavy atom. The summed E-state index contributed by atoms with van der Waals surface area (Å²) in [6.07, 6.45) is -4.11. The minimum Gasteiger partial charge on any atom is -0.502 e. The maximum atomic E-state index is 13.5. The number of benzene rings is 2. The van der Waals surface area contributed by atoms with Crippen molar-refractivity contribution in [3.8, 4) is 28.7 Å². The van der Waals surface area contributed by atoms with Crippen molar-refractivity contribution in [2.75, 3.05) is 48.3 Å². The number of carbonyl (C=O) groups is 1. The molecule has 44 heavy (non-hydrogen) atoms. The quantitative estimate of drug-likeness (QED) is 0.457. The zero-order valence-electron chi connectivity index (χ0n) is 25.1. The molecular formula is C31H37NO12. The fraction of sp³-hybridized carbons (Fsp3) is 0.581. The van der Waals surface area contributed by atoms with Crippen molar-refractivity contribution in [3.63, 3.8) is 0 Å². The average molecular weight is 616 g/mol. The van der Waals surface area contributed by atoms with Crippen molar-refractivity contribution in [1.82, 2.24) is 4.90 Å². The highest BCUT2D eigenvalue weighted by Gasteiger charge is 2.56. The number of carbonyl (C=O) groups excluding carboxylic acids is 1. The summed E-state index contributed by atoms with van der Waals surface area (Å²) in [5, 5.41) is 22.1. The van der Waals surface area contributed by atoms with E-state index in [2.05, 4.69) is 0 Å². The van der Waals surface area contributed by atoms with Crippen molar-refractivity contribution >= 4 is 5.97 Å². The van der Waals surface area contributed by atoms with Gasteiger partial charge in [-0.1, -0.05) is 0 Å². The molecule has 0 aromatic heterocycles. The molecule has 13 nitrogen and oxygen atoms in total. The summed E-state index contributed by atoms with van der Waals surface area (Å²) in [5.74, 6) is -0.602. The highest BCUT2D eigenvalue weighted by Crippen LogP contribution is 2.57. The van der Waals surface area contributed by atoms with Crippen LogP contribution >= 0.6 is 0 Å². The number of aromatic hydroxyl groups is 1. The number of cyclic esters (lactones) is 1. The van der Waals surface area contributed by atoms with E-state index in [9.17, 15) is 15.0 Å². The van der Waals surface area contributed by atoms with Gasteiger partial charge < -0.3 is 52.8 Å². The Morgan fingerprint density at radius 2 is 1.61 bits per heavy atom. The molecular weight excluding hydrogens is 578 g/mol. The number of phenols is 1. The first-order valence-electron chi connectivity index (χ1n) is 14.7. The van der Waals surface area contributed by atoms with Crippen LogP contribution in [0.3, 0.4) is 0 Å². The lowest BCUT2D eigenvalue weighted by atomic mass is 9.66. The fourth-order valence-corrected chi connectivity index (χ4v) is 7.28. The first-order chi connectivity index (χ1) is 21.2. The van der Waals surface area contributed by atoms with Crippen LogP contribution in [-0.4, -0.2) is 106 Å². The molecule has 5 aliphatic rings. The molecule has 0 bridgehead atoms. The van der Waals surface area contributed by atoms with Gasteiger partial charge in [-0.2, -0.15) is 0 Å². The van der Waals surface area contributed by atoms with Gasteiger partial charge in [0.05, 0.1) is 45.5 Å². The number of nitrogens with zero attached hydrogens (tertiary/aromatic N) is 1. The predicted octanol–water partition coefficient (Wildman–Crippen LogP) is 1.91. The number of fused-ring (bicyclic) bond motifs is 4. The standard InChI is InChI=1S/C31H37NO12/c1-13-38-11-22-29(42-13)27(34)25(32(2)3)31(43-22)44-28-16-9-19-18(40-12-41-19)8-15(16)23(24-17(28)10-39-30(24)35)14-6-20(36-4)26(33)21(7-14)37-5/h6-9,13,17,22-25,27-29,31,33-34H,10-12H2,1-5H3/t13?,17-,22+,23-,24-,25+,27+,28+,29+,31-/m0/s1. The molecule has 238 valence electrons. The van der Waals surface area contributed by atoms with E-state index in [0.29, 0.717) is 17.1 Å². The second-order valence-electron chi connectivity index (χ2n) is 12.0. The molecule has 13 heteroatoms. The van der Waals surface area contributed by atoms with Crippen molar-refractivity contribution in [2.24, 2.45) is 11.8 Å². The summed E-state index contributed by atoms with van der Waals surface area (Å²) in [6.45, 7) is 2.20. The monoisotopic (exact) mass is 615 g/mol. The topological polar surface area (TPSA) is 144 Å². The van der Waals surface area contributed by atoms with E-state index in [1.807, 2.05) is 31.1 Å². The van der Waals surface area contributed by atoms with Crippen LogP contribution in [0.1, 0.15) is 35.6 Å². The smallest absolute Gasteiger partial charge is 0.310 e. The zero-order chi connectivity index (χ0) is 30.9. The predicted molar refractivity (Wildman–Crippen MR) is 150 cm³/mol. The van der Waals surface area contributed by atoms with Gasteiger partial charge in [-0.05, 0) is 62.0 Å². The number of hydrogen-bond donors (Lipinski definition) is 2. The number of esters is 1. The van der Waals surface area contributed by atoms with Crippen LogP contribution in [-0.2, 0) is 28.5 Å². The Hall–Kier alpha value is -3.33. The van der Waals surface area contributed by atoms with Crippen LogP contribution in [0, 0.1) is 11.8 Å². The molecule has 10 atom stereocenters. The second kappa shape index (κ2) is 11.2. The van der Waals surface area contributed by atoms with Crippen molar-refractivity contribution in [3.05, 3.63) is 41.0 Å². The van der Waals surface area contributed by atoms with Gasteiger partial charge in [0.2, 0.25) is 12.5 Å². The molecule has 1 unspecified atom stereocenters. The highest BCUT2D eigenvalue weighted by molar-refractivity contribution is 5.79. The molecule has 1 aliphatic carbocycles. The Kier molecular flexibility index (Phi) is 7.50. The van der Waals surface area contributed by atoms with E-state index < -0.39 is 60.8 Å². The van der Waals surface area contributed by atoms with E-state index in [1.165, 1.54) is 14.2 Å². The van der Waals surface area contributed by atoms with Crippen LogP contribution in [0.25, 0.3) is 0 Å². The summed E-state index contributed by atoms with van der Waals surface area (Å²) >= 11 is 0. The summed E-state index contributed by atoms with van der Waals surface area (Å²) < 4.78 is 53.0. The molecule has 3 fully saturated rings. The first kappa shape index (κ1) is 29.4. The van der Waals surface area contributed by atoms with Crippen LogP contribution in [0.15, 0.2) is 24.3 Å². The van der Waals surface area contributed by atoms with Gasteiger partial charge in [-0.15, -0.1) is 0 Å². The van der Waals surface area contributed by atoms with Gasteiger partial charge in [0.15, 0.2) is 35.6 Å². The molecule has 2 N–H and O–H groups in total. The minimum absolute atomic E-state index is 0.0618. The second-order valence-corrected chi connectivity index (χ2v) is 12.0. The number of methoxy groups -OCH3 is 2. The molecule has 7 rings (SSSR count). The third kappa shape index (κ3) is 4.65. The van der Waals surface area contributed by atoms with Crippen molar-refractivity contribution in [1.29, 1.82) is 0 Å².